The van der Waals surface area contributed by atoms with Gasteiger partial charge in [0, 0.05) is 5.97 Å². The summed E-state index contributed by atoms with van der Waals surface area (Å²) in [5, 5.41) is 29.9. The average Bonchev–Trinajstić information content (AvgIpc) is 2.55. The topological polar surface area (TPSA) is 80.6 Å². The normalized spacial score (nSPS) is 14.8. The van der Waals surface area contributed by atoms with Gasteiger partial charge in [-0.3, -0.25) is 0 Å². The van der Waals surface area contributed by atoms with Crippen LogP contribution in [0.25, 0.3) is 0 Å². The van der Waals surface area contributed by atoms with Crippen LogP contribution in [0.1, 0.15) is 71.1 Å². The molecule has 0 saturated carbocycles. The maximum Gasteiger partial charge on any atom is 0.0836 e. The van der Waals surface area contributed by atoms with E-state index >= 15 is 0 Å². The number of aliphatic carboxylic acids is 1. The van der Waals surface area contributed by atoms with Crippen molar-refractivity contribution in [2.75, 3.05) is 0 Å². The van der Waals surface area contributed by atoms with E-state index in [1.807, 2.05) is 18.2 Å². The second-order valence-corrected chi connectivity index (χ2v) is 6.02. The number of carboxylic acids is 1. The highest BCUT2D eigenvalue weighted by molar-refractivity contribution is 5.64. The summed E-state index contributed by atoms with van der Waals surface area (Å²) in [6.07, 6.45) is 18.0. The zero-order valence-corrected chi connectivity index (χ0v) is 14.9. The van der Waals surface area contributed by atoms with Crippen LogP contribution in [0.5, 0.6) is 0 Å². The summed E-state index contributed by atoms with van der Waals surface area (Å²) >= 11 is 0. The Morgan fingerprint density at radius 1 is 0.875 bits per heavy atom. The number of hydrogen-bond donors (Lipinski definition) is 2. The quantitative estimate of drug-likeness (QED) is 0.355. The first-order chi connectivity index (χ1) is 11.6. The van der Waals surface area contributed by atoms with Crippen LogP contribution in [0.3, 0.4) is 0 Å². The number of carbonyl (C=O) groups is 1. The molecule has 0 aliphatic rings. The molecule has 0 radical (unpaired) electrons. The zero-order chi connectivity index (χ0) is 18.0. The van der Waals surface area contributed by atoms with Gasteiger partial charge in [-0.25, -0.2) is 0 Å². The number of hydrogen-bond acceptors (Lipinski definition) is 4. The Kier molecular flexibility index (Phi) is 15.5. The minimum Gasteiger partial charge on any atom is -0.550 e. The first-order valence-corrected chi connectivity index (χ1v) is 9.08. The number of unbranched alkanes of at least 4 members (excludes halogenated alkanes) is 4. The van der Waals surface area contributed by atoms with E-state index in [1.54, 1.807) is 6.08 Å². The van der Waals surface area contributed by atoms with E-state index in [2.05, 4.69) is 19.1 Å². The summed E-state index contributed by atoms with van der Waals surface area (Å²) in [6.45, 7) is 2.19. The van der Waals surface area contributed by atoms with E-state index in [0.717, 1.165) is 12.8 Å². The van der Waals surface area contributed by atoms with Gasteiger partial charge in [-0.15, -0.1) is 0 Å². The number of aliphatic hydroxyl groups is 2. The summed E-state index contributed by atoms with van der Waals surface area (Å²) < 4.78 is 0. The maximum absolute atomic E-state index is 10.2. The van der Waals surface area contributed by atoms with Crippen LogP contribution in [-0.4, -0.2) is 28.4 Å². The smallest absolute Gasteiger partial charge is 0.0836 e. The Hall–Kier alpha value is -1.39. The molecule has 0 aromatic rings. The highest BCUT2D eigenvalue weighted by atomic mass is 16.4. The standard InChI is InChI=1S/C20H34O4/c1-2-3-4-5-6-7-8-9-12-15-18(21)19(22)16-13-10-11-14-17-20(23)24/h6-7,9-10,12-13,18-19,21-22H,2-5,8,11,14-17H2,1H3,(H,23,24)/p-1/b7-6-,12-9-,13-10-/t18-,19-/m0/s1. The summed E-state index contributed by atoms with van der Waals surface area (Å²) in [5.74, 6) is -1.04. The first kappa shape index (κ1) is 22.6. The zero-order valence-electron chi connectivity index (χ0n) is 14.9. The van der Waals surface area contributed by atoms with Crippen molar-refractivity contribution in [1.82, 2.24) is 0 Å². The molecule has 0 heterocycles. The Labute approximate surface area is 146 Å². The van der Waals surface area contributed by atoms with E-state index in [0.29, 0.717) is 25.7 Å². The van der Waals surface area contributed by atoms with Gasteiger partial charge in [0.25, 0.3) is 0 Å². The van der Waals surface area contributed by atoms with Gasteiger partial charge in [0.2, 0.25) is 0 Å². The molecule has 0 bridgehead atoms. The molecule has 0 spiro atoms. The lowest BCUT2D eigenvalue weighted by Gasteiger charge is -2.14. The van der Waals surface area contributed by atoms with Crippen LogP contribution in [0.2, 0.25) is 0 Å². The number of rotatable bonds is 15. The molecule has 4 nitrogen and oxygen atoms in total. The fourth-order valence-electron chi connectivity index (χ4n) is 2.17. The number of aliphatic hydroxyl groups excluding tert-OH is 2. The van der Waals surface area contributed by atoms with Crippen molar-refractivity contribution in [2.24, 2.45) is 0 Å². The van der Waals surface area contributed by atoms with Crippen molar-refractivity contribution < 1.29 is 20.1 Å². The van der Waals surface area contributed by atoms with Gasteiger partial charge in [-0.2, -0.15) is 0 Å². The predicted octanol–water partition coefficient (Wildman–Crippen LogP) is 3.05. The lowest BCUT2D eigenvalue weighted by atomic mass is 10.1. The van der Waals surface area contributed by atoms with Crippen LogP contribution in [0, 0.1) is 0 Å². The molecule has 0 unspecified atom stereocenters. The van der Waals surface area contributed by atoms with Crippen LogP contribution in [0.15, 0.2) is 36.5 Å². The molecule has 0 aromatic carbocycles. The molecule has 4 heteroatoms. The van der Waals surface area contributed by atoms with Crippen molar-refractivity contribution in [2.45, 2.75) is 83.3 Å². The van der Waals surface area contributed by atoms with Crippen LogP contribution in [0.4, 0.5) is 0 Å². The van der Waals surface area contributed by atoms with Crippen LogP contribution >= 0.6 is 0 Å². The number of allylic oxidation sites excluding steroid dienone is 4. The van der Waals surface area contributed by atoms with Gasteiger partial charge in [0.1, 0.15) is 0 Å². The van der Waals surface area contributed by atoms with Crippen LogP contribution in [-0.2, 0) is 4.79 Å². The van der Waals surface area contributed by atoms with E-state index in [9.17, 15) is 20.1 Å². The summed E-state index contributed by atoms with van der Waals surface area (Å²) in [4.78, 5) is 10.2. The van der Waals surface area contributed by atoms with Crippen molar-refractivity contribution in [3.05, 3.63) is 36.5 Å². The maximum atomic E-state index is 10.2. The lowest BCUT2D eigenvalue weighted by molar-refractivity contribution is -0.305. The van der Waals surface area contributed by atoms with E-state index in [1.165, 1.54) is 19.3 Å². The minimum absolute atomic E-state index is 0.0490. The van der Waals surface area contributed by atoms with Crippen molar-refractivity contribution in [3.63, 3.8) is 0 Å². The molecule has 2 N–H and O–H groups in total. The molecule has 0 rings (SSSR count). The average molecular weight is 337 g/mol. The Bertz CT molecular complexity index is 385. The minimum atomic E-state index is -1.04. The lowest BCUT2D eigenvalue weighted by Crippen LogP contribution is -2.24. The third kappa shape index (κ3) is 15.5. The van der Waals surface area contributed by atoms with Crippen LogP contribution < -0.4 is 5.11 Å². The van der Waals surface area contributed by atoms with E-state index < -0.39 is 18.2 Å². The second kappa shape index (κ2) is 16.5. The van der Waals surface area contributed by atoms with Crippen molar-refractivity contribution in [1.29, 1.82) is 0 Å². The van der Waals surface area contributed by atoms with Crippen molar-refractivity contribution in [3.8, 4) is 0 Å². The number of carbonyl (C=O) groups excluding carboxylic acids is 1. The molecule has 0 aromatic heterocycles. The highest BCUT2D eigenvalue weighted by Crippen LogP contribution is 2.07. The van der Waals surface area contributed by atoms with Gasteiger partial charge in [-0.1, -0.05) is 56.2 Å². The third-order valence-electron chi connectivity index (χ3n) is 3.70. The molecule has 24 heavy (non-hydrogen) atoms. The van der Waals surface area contributed by atoms with Gasteiger partial charge in [0.15, 0.2) is 0 Å². The summed E-state index contributed by atoms with van der Waals surface area (Å²) in [6, 6.07) is 0. The molecule has 0 fully saturated rings. The Morgan fingerprint density at radius 3 is 2.04 bits per heavy atom. The highest BCUT2D eigenvalue weighted by Gasteiger charge is 2.12. The van der Waals surface area contributed by atoms with E-state index in [4.69, 9.17) is 0 Å². The second-order valence-electron chi connectivity index (χ2n) is 6.02. The fourth-order valence-corrected chi connectivity index (χ4v) is 2.17. The van der Waals surface area contributed by atoms with Gasteiger partial charge >= 0.3 is 0 Å². The van der Waals surface area contributed by atoms with Crippen molar-refractivity contribution >= 4 is 5.97 Å². The largest absolute Gasteiger partial charge is 0.550 e. The first-order valence-electron chi connectivity index (χ1n) is 9.08. The van der Waals surface area contributed by atoms with Gasteiger partial charge in [0.05, 0.1) is 12.2 Å². The molecule has 138 valence electrons. The molecular formula is C20H33O4-. The molecular weight excluding hydrogens is 304 g/mol. The monoisotopic (exact) mass is 337 g/mol. The summed E-state index contributed by atoms with van der Waals surface area (Å²) in [5.41, 5.74) is 0. The predicted molar refractivity (Wildman–Crippen MR) is 96.3 cm³/mol. The Balaban J connectivity index is 3.70. The summed E-state index contributed by atoms with van der Waals surface area (Å²) in [7, 11) is 0. The van der Waals surface area contributed by atoms with Gasteiger partial charge in [-0.05, 0) is 51.4 Å². The SMILES string of the molecule is CCCCC/C=C\C/C=C\C[C@H](O)[C@@H](O)C/C=C\CCCC(=O)[O-]. The third-order valence-corrected chi connectivity index (χ3v) is 3.70. The molecule has 2 atom stereocenters. The van der Waals surface area contributed by atoms with E-state index in [-0.39, 0.29) is 6.42 Å². The Morgan fingerprint density at radius 2 is 1.42 bits per heavy atom. The molecule has 0 amide bonds. The van der Waals surface area contributed by atoms with Gasteiger partial charge < -0.3 is 20.1 Å². The fraction of sp³-hybridized carbons (Fsp3) is 0.650. The number of carboxylic acid groups (broad SMARTS) is 1. The molecule has 0 saturated heterocycles. The molecule has 0 aliphatic carbocycles. The molecule has 0 aliphatic heterocycles.